The van der Waals surface area contributed by atoms with E-state index in [1.54, 1.807) is 0 Å². The van der Waals surface area contributed by atoms with Gasteiger partial charge in [0.2, 0.25) is 5.95 Å². The smallest absolute Gasteiger partial charge is 0.744 e. The Morgan fingerprint density at radius 1 is 0.953 bits per heavy atom. The quantitative estimate of drug-likeness (QED) is 0.0950. The molecule has 1 amide bonds. The summed E-state index contributed by atoms with van der Waals surface area (Å²) in [7, 11) is -10.1. The number of nitrogens with zero attached hydrogens (tertiary/aromatic N) is 6. The zero-order valence-corrected chi connectivity index (χ0v) is 29.6. The predicted octanol–water partition coefficient (Wildman–Crippen LogP) is -1.85. The minimum Gasteiger partial charge on any atom is -0.744 e. The molecule has 43 heavy (non-hydrogen) atoms. The molecule has 216 valence electrons. The molecule has 2 heterocycles. The number of hydrogen-bond acceptors (Lipinski definition) is 13. The number of carbonyl (C=O) groups is 1. The number of azo groups is 1. The molecule has 4 rings (SSSR count). The Bertz CT molecular complexity index is 1910. The minimum atomic E-state index is -5.13. The number of amides is 1. The van der Waals surface area contributed by atoms with Crippen molar-refractivity contribution in [3.8, 4) is 0 Å². The molecule has 0 fully saturated rings. The van der Waals surface area contributed by atoms with Gasteiger partial charge in [0.05, 0.1) is 31.2 Å². The zero-order chi connectivity index (χ0) is 30.4. The Morgan fingerprint density at radius 2 is 1.58 bits per heavy atom. The van der Waals surface area contributed by atoms with Crippen molar-refractivity contribution in [1.82, 2.24) is 9.97 Å². The molecule has 1 atom stereocenters. The molecule has 23 heteroatoms. The van der Waals surface area contributed by atoms with Crippen molar-refractivity contribution in [3.05, 3.63) is 57.4 Å². The van der Waals surface area contributed by atoms with Gasteiger partial charge >= 0.3 is 65.2 Å². The van der Waals surface area contributed by atoms with E-state index in [0.717, 1.165) is 30.3 Å². The minimum absolute atomic E-state index is 0. The Labute approximate surface area is 301 Å². The van der Waals surface area contributed by atoms with E-state index in [1.165, 1.54) is 6.92 Å². The molecule has 0 saturated carbocycles. The molecule has 0 spiro atoms. The molecule has 1 unspecified atom stereocenters. The number of nitrogens with one attached hydrogen (secondary N) is 1. The Morgan fingerprint density at radius 3 is 2.19 bits per heavy atom. The molecular formula is C20H10Cl3F2N7Na2O7S2. The van der Waals surface area contributed by atoms with E-state index in [0.29, 0.717) is 5.01 Å². The van der Waals surface area contributed by atoms with E-state index in [4.69, 9.17) is 34.8 Å². The van der Waals surface area contributed by atoms with Crippen LogP contribution in [0.5, 0.6) is 0 Å². The maximum atomic E-state index is 13.7. The second-order valence-corrected chi connectivity index (χ2v) is 11.8. The van der Waals surface area contributed by atoms with E-state index in [1.807, 2.05) is 0 Å². The summed E-state index contributed by atoms with van der Waals surface area (Å²) in [5, 5.41) is 13.0. The van der Waals surface area contributed by atoms with Gasteiger partial charge in [0.15, 0.2) is 11.9 Å². The normalized spacial score (nSPS) is 15.3. The molecule has 2 aromatic carbocycles. The largest absolute Gasteiger partial charge is 1.00 e. The fraction of sp³-hybridized carbons (Fsp3) is 0.100. The van der Waals surface area contributed by atoms with Gasteiger partial charge in [-0.2, -0.15) is 39.1 Å². The Hall–Kier alpha value is -1.39. The number of anilines is 3. The van der Waals surface area contributed by atoms with Crippen LogP contribution in [0.3, 0.4) is 0 Å². The van der Waals surface area contributed by atoms with Gasteiger partial charge in [-0.05, 0) is 37.3 Å². The SMILES string of the molecule is CC1=NN(c2cc(Cl)c(S(=O)(=O)[O-])cc2Cl)C(=O)C1N=Nc1cc(Nc2nc(F)nc(F)c2Cl)ccc1S(=O)(=O)[O-].[Na+].[Na+]. The summed E-state index contributed by atoms with van der Waals surface area (Å²) in [5.74, 6) is -2.82. The van der Waals surface area contributed by atoms with Crippen LogP contribution in [0.1, 0.15) is 6.92 Å². The third-order valence-corrected chi connectivity index (χ3v) is 7.97. The first kappa shape index (κ1) is 37.8. The average molecular weight is 715 g/mol. The van der Waals surface area contributed by atoms with Gasteiger partial charge < -0.3 is 14.4 Å². The van der Waals surface area contributed by atoms with Crippen molar-refractivity contribution in [3.63, 3.8) is 0 Å². The predicted molar refractivity (Wildman–Crippen MR) is 138 cm³/mol. The van der Waals surface area contributed by atoms with Crippen LogP contribution in [0.2, 0.25) is 15.1 Å². The summed E-state index contributed by atoms with van der Waals surface area (Å²) in [6.07, 6.45) is -1.46. The molecule has 14 nitrogen and oxygen atoms in total. The van der Waals surface area contributed by atoms with Crippen molar-refractivity contribution in [2.45, 2.75) is 22.8 Å². The van der Waals surface area contributed by atoms with Crippen molar-refractivity contribution in [1.29, 1.82) is 0 Å². The summed E-state index contributed by atoms with van der Waals surface area (Å²) >= 11 is 17.6. The third-order valence-electron chi connectivity index (χ3n) is 5.15. The second kappa shape index (κ2) is 14.4. The van der Waals surface area contributed by atoms with Crippen LogP contribution < -0.4 is 69.4 Å². The number of rotatable bonds is 7. The van der Waals surface area contributed by atoms with Crippen LogP contribution in [0.25, 0.3) is 0 Å². The first-order valence-electron chi connectivity index (χ1n) is 10.5. The first-order chi connectivity index (χ1) is 19.0. The van der Waals surface area contributed by atoms with Gasteiger partial charge in [0.25, 0.3) is 5.91 Å². The van der Waals surface area contributed by atoms with Crippen LogP contribution in [0.15, 0.2) is 55.5 Å². The van der Waals surface area contributed by atoms with Crippen molar-refractivity contribution >= 4 is 89.5 Å². The topological polar surface area (TPSA) is 210 Å². The van der Waals surface area contributed by atoms with Crippen molar-refractivity contribution < 1.29 is 98.6 Å². The molecule has 0 radical (unpaired) electrons. The zero-order valence-electron chi connectivity index (χ0n) is 21.7. The molecule has 0 aliphatic carbocycles. The second-order valence-electron chi connectivity index (χ2n) is 7.91. The standard InChI is InChI=1S/C20H12Cl3F2N7O7S2.2Na/c1-7-16(19(33)32(31-7)12-5-10(22)14(6-9(12)21)41(37,38)39)30-29-11-4-8(2-3-13(11)40(34,35)36)26-18-15(23)17(24)27-20(25)28-18;;/h2-6,16H,1H3,(H,26,27,28)(H,34,35,36)(H,37,38,39);;/q;2*+1/p-2. The van der Waals surface area contributed by atoms with Gasteiger partial charge in [-0.3, -0.25) is 4.79 Å². The molecule has 0 bridgehead atoms. The van der Waals surface area contributed by atoms with Gasteiger partial charge in [0.1, 0.15) is 30.9 Å². The number of aromatic nitrogens is 2. The Kier molecular flexibility index (Phi) is 12.6. The molecule has 1 aliphatic rings. The van der Waals surface area contributed by atoms with E-state index < -0.39 is 75.6 Å². The van der Waals surface area contributed by atoms with Crippen molar-refractivity contribution in [2.75, 3.05) is 10.3 Å². The molecule has 1 aliphatic heterocycles. The number of carbonyl (C=O) groups excluding carboxylic acids is 1. The Balaban J connectivity index is 0.00000323. The van der Waals surface area contributed by atoms with E-state index in [9.17, 15) is 39.5 Å². The summed E-state index contributed by atoms with van der Waals surface area (Å²) in [4.78, 5) is 17.5. The number of halogens is 5. The van der Waals surface area contributed by atoms with Crippen LogP contribution in [-0.4, -0.2) is 53.6 Å². The van der Waals surface area contributed by atoms with Crippen molar-refractivity contribution in [2.24, 2.45) is 15.3 Å². The molecule has 3 aromatic rings. The maximum Gasteiger partial charge on any atom is 1.00 e. The fourth-order valence-electron chi connectivity index (χ4n) is 3.35. The summed E-state index contributed by atoms with van der Waals surface area (Å²) < 4.78 is 96.5. The number of benzene rings is 2. The van der Waals surface area contributed by atoms with Gasteiger partial charge in [-0.1, -0.05) is 34.8 Å². The van der Waals surface area contributed by atoms with E-state index >= 15 is 0 Å². The summed E-state index contributed by atoms with van der Waals surface area (Å²) in [6, 6.07) is 2.99. The molecular weight excluding hydrogens is 705 g/mol. The first-order valence-corrected chi connectivity index (χ1v) is 14.4. The number of hydrazone groups is 1. The van der Waals surface area contributed by atoms with Crippen LogP contribution >= 0.6 is 34.8 Å². The van der Waals surface area contributed by atoms with Gasteiger partial charge in [-0.15, -0.1) is 0 Å². The summed E-state index contributed by atoms with van der Waals surface area (Å²) in [5.41, 5.74) is -0.876. The van der Waals surface area contributed by atoms with E-state index in [2.05, 4.69) is 30.6 Å². The van der Waals surface area contributed by atoms with E-state index in [-0.39, 0.29) is 81.2 Å². The van der Waals surface area contributed by atoms with Crippen LogP contribution in [-0.2, 0) is 25.0 Å². The number of hydrogen-bond donors (Lipinski definition) is 1. The fourth-order valence-corrected chi connectivity index (χ4v) is 5.38. The molecule has 1 N–H and O–H groups in total. The monoisotopic (exact) mass is 713 g/mol. The van der Waals surface area contributed by atoms with Crippen LogP contribution in [0, 0.1) is 12.0 Å². The maximum absolute atomic E-state index is 13.7. The van der Waals surface area contributed by atoms with Gasteiger partial charge in [0, 0.05) is 5.69 Å². The van der Waals surface area contributed by atoms with Crippen LogP contribution in [0.4, 0.5) is 31.7 Å². The summed E-state index contributed by atoms with van der Waals surface area (Å²) in [6.45, 7) is 1.34. The molecule has 1 aromatic heterocycles. The molecule has 0 saturated heterocycles. The average Bonchev–Trinajstić information content (AvgIpc) is 3.13. The van der Waals surface area contributed by atoms with Gasteiger partial charge in [-0.25, -0.2) is 16.8 Å². The third kappa shape index (κ3) is 8.46.